The second-order valence-corrected chi connectivity index (χ2v) is 9.65. The third-order valence-electron chi connectivity index (χ3n) is 5.78. The van der Waals surface area contributed by atoms with Gasteiger partial charge in [0.05, 0.1) is 23.0 Å². The van der Waals surface area contributed by atoms with E-state index in [4.69, 9.17) is 4.74 Å². The van der Waals surface area contributed by atoms with Gasteiger partial charge in [-0.25, -0.2) is 8.42 Å². The number of ether oxygens (including phenoxy) is 1. The first kappa shape index (κ1) is 20.8. The van der Waals surface area contributed by atoms with Gasteiger partial charge in [-0.3, -0.25) is 10.1 Å². The van der Waals surface area contributed by atoms with Crippen LogP contribution in [0.15, 0.2) is 47.4 Å². The molecular formula is C21H25N3O5S. The van der Waals surface area contributed by atoms with Crippen molar-refractivity contribution in [2.75, 3.05) is 38.2 Å². The highest BCUT2D eigenvalue weighted by Crippen LogP contribution is 2.31. The second kappa shape index (κ2) is 8.71. The number of rotatable bonds is 7. The molecule has 0 spiro atoms. The van der Waals surface area contributed by atoms with Crippen LogP contribution in [-0.4, -0.2) is 50.5 Å². The van der Waals surface area contributed by atoms with E-state index in [2.05, 4.69) is 29.6 Å². The molecule has 30 heavy (non-hydrogen) atoms. The lowest BCUT2D eigenvalue weighted by molar-refractivity contribution is -0.384. The number of nitro groups is 1. The van der Waals surface area contributed by atoms with E-state index in [1.54, 1.807) is 0 Å². The van der Waals surface area contributed by atoms with Crippen molar-refractivity contribution in [2.45, 2.75) is 24.2 Å². The number of sulfonamides is 1. The zero-order chi connectivity index (χ0) is 21.1. The van der Waals surface area contributed by atoms with Crippen molar-refractivity contribution in [1.82, 2.24) is 4.31 Å². The predicted octanol–water partition coefficient (Wildman–Crippen LogP) is 2.83. The standard InChI is InChI=1S/C21H25N3O5S/c25-24(26)21-15-19(30(27,28)23-9-11-29-12-10-23)5-6-20(21)22-8-7-16-13-17-3-1-2-4-18(17)14-16/h1-6,15-16,22H,7-14H2. The molecule has 1 heterocycles. The number of anilines is 1. The summed E-state index contributed by atoms with van der Waals surface area (Å²) in [7, 11) is -3.78. The van der Waals surface area contributed by atoms with Crippen molar-refractivity contribution >= 4 is 21.4 Å². The number of nitrogens with zero attached hydrogens (tertiary/aromatic N) is 2. The Labute approximate surface area is 176 Å². The van der Waals surface area contributed by atoms with Crippen LogP contribution >= 0.6 is 0 Å². The molecule has 9 heteroatoms. The number of nitrogens with one attached hydrogen (secondary N) is 1. The highest BCUT2D eigenvalue weighted by Gasteiger charge is 2.29. The molecule has 1 aliphatic heterocycles. The third kappa shape index (κ3) is 4.33. The Hall–Kier alpha value is -2.49. The highest BCUT2D eigenvalue weighted by molar-refractivity contribution is 7.89. The SMILES string of the molecule is O=[N+]([O-])c1cc(S(=O)(=O)N2CCOCC2)ccc1NCCC1Cc2ccccc2C1. The Kier molecular flexibility index (Phi) is 6.03. The minimum atomic E-state index is -3.78. The fraction of sp³-hybridized carbons (Fsp3) is 0.429. The van der Waals surface area contributed by atoms with E-state index < -0.39 is 14.9 Å². The summed E-state index contributed by atoms with van der Waals surface area (Å²) in [5.74, 6) is 0.509. The molecule has 1 N–H and O–H groups in total. The summed E-state index contributed by atoms with van der Waals surface area (Å²) in [4.78, 5) is 11.0. The molecule has 0 amide bonds. The maximum atomic E-state index is 12.8. The molecule has 2 aromatic rings. The van der Waals surface area contributed by atoms with E-state index in [9.17, 15) is 18.5 Å². The fourth-order valence-electron chi connectivity index (χ4n) is 4.17. The van der Waals surface area contributed by atoms with Gasteiger partial charge in [-0.1, -0.05) is 24.3 Å². The van der Waals surface area contributed by atoms with Crippen molar-refractivity contribution in [3.05, 3.63) is 63.7 Å². The summed E-state index contributed by atoms with van der Waals surface area (Å²) in [6.45, 7) is 1.74. The van der Waals surface area contributed by atoms with E-state index in [0.29, 0.717) is 31.4 Å². The average Bonchev–Trinajstić information content (AvgIpc) is 3.17. The average molecular weight is 432 g/mol. The quantitative estimate of drug-likeness (QED) is 0.534. The molecular weight excluding hydrogens is 406 g/mol. The zero-order valence-corrected chi connectivity index (χ0v) is 17.4. The van der Waals surface area contributed by atoms with Gasteiger partial charge in [0.25, 0.3) is 5.69 Å². The summed E-state index contributed by atoms with van der Waals surface area (Å²) < 4.78 is 32.1. The Balaban J connectivity index is 1.43. The van der Waals surface area contributed by atoms with Crippen molar-refractivity contribution in [3.63, 3.8) is 0 Å². The molecule has 2 aliphatic rings. The number of fused-ring (bicyclic) bond motifs is 1. The summed E-state index contributed by atoms with van der Waals surface area (Å²) in [6.07, 6.45) is 2.94. The molecule has 8 nitrogen and oxygen atoms in total. The summed E-state index contributed by atoms with van der Waals surface area (Å²) >= 11 is 0. The molecule has 0 saturated carbocycles. The van der Waals surface area contributed by atoms with Crippen molar-refractivity contribution in [3.8, 4) is 0 Å². The lowest BCUT2D eigenvalue weighted by atomic mass is 10.0. The van der Waals surface area contributed by atoms with Gasteiger partial charge in [0.15, 0.2) is 0 Å². The minimum absolute atomic E-state index is 0.0621. The van der Waals surface area contributed by atoms with Gasteiger partial charge in [0.1, 0.15) is 5.69 Å². The topological polar surface area (TPSA) is 102 Å². The van der Waals surface area contributed by atoms with Gasteiger partial charge in [0, 0.05) is 25.7 Å². The third-order valence-corrected chi connectivity index (χ3v) is 7.67. The van der Waals surface area contributed by atoms with Gasteiger partial charge in [-0.15, -0.1) is 0 Å². The van der Waals surface area contributed by atoms with Crippen molar-refractivity contribution < 1.29 is 18.1 Å². The van der Waals surface area contributed by atoms with Crippen LogP contribution < -0.4 is 5.32 Å². The van der Waals surface area contributed by atoms with Crippen molar-refractivity contribution in [1.29, 1.82) is 0 Å². The number of nitro benzene ring substituents is 1. The Bertz CT molecular complexity index is 1010. The minimum Gasteiger partial charge on any atom is -0.379 e. The predicted molar refractivity (Wildman–Crippen MR) is 113 cm³/mol. The smallest absolute Gasteiger partial charge is 0.293 e. The molecule has 2 aromatic carbocycles. The number of morpholine rings is 1. The Morgan fingerprint density at radius 2 is 1.77 bits per heavy atom. The largest absolute Gasteiger partial charge is 0.379 e. The lowest BCUT2D eigenvalue weighted by Gasteiger charge is -2.26. The summed E-state index contributed by atoms with van der Waals surface area (Å²) in [5.41, 5.74) is 2.88. The first-order valence-corrected chi connectivity index (χ1v) is 11.6. The van der Waals surface area contributed by atoms with E-state index in [1.807, 2.05) is 0 Å². The molecule has 1 aliphatic carbocycles. The van der Waals surface area contributed by atoms with Crippen molar-refractivity contribution in [2.24, 2.45) is 5.92 Å². The van der Waals surface area contributed by atoms with Gasteiger partial charge < -0.3 is 10.1 Å². The molecule has 160 valence electrons. The van der Waals surface area contributed by atoms with E-state index in [-0.39, 0.29) is 23.7 Å². The second-order valence-electron chi connectivity index (χ2n) is 7.71. The first-order chi connectivity index (χ1) is 14.4. The van der Waals surface area contributed by atoms with Gasteiger partial charge >= 0.3 is 0 Å². The Morgan fingerprint density at radius 3 is 2.40 bits per heavy atom. The molecule has 4 rings (SSSR count). The molecule has 1 saturated heterocycles. The maximum absolute atomic E-state index is 12.8. The highest BCUT2D eigenvalue weighted by atomic mass is 32.2. The molecule has 1 fully saturated rings. The molecule has 0 atom stereocenters. The van der Waals surface area contributed by atoms with Crippen LogP contribution in [0.1, 0.15) is 17.5 Å². The molecule has 0 bridgehead atoms. The summed E-state index contributed by atoms with van der Waals surface area (Å²) in [5, 5.41) is 14.7. The zero-order valence-electron chi connectivity index (χ0n) is 16.6. The van der Waals surface area contributed by atoms with Gasteiger partial charge in [0.2, 0.25) is 10.0 Å². The van der Waals surface area contributed by atoms with Crippen LogP contribution in [0, 0.1) is 16.0 Å². The first-order valence-electron chi connectivity index (χ1n) is 10.1. The van der Waals surface area contributed by atoms with Gasteiger partial charge in [-0.05, 0) is 48.4 Å². The lowest BCUT2D eigenvalue weighted by Crippen LogP contribution is -2.40. The van der Waals surface area contributed by atoms with Crippen LogP contribution in [0.25, 0.3) is 0 Å². The Morgan fingerprint density at radius 1 is 1.10 bits per heavy atom. The molecule has 0 radical (unpaired) electrons. The number of benzene rings is 2. The number of hydrogen-bond acceptors (Lipinski definition) is 6. The van der Waals surface area contributed by atoms with Crippen LogP contribution in [0.3, 0.4) is 0 Å². The summed E-state index contributed by atoms with van der Waals surface area (Å²) in [6, 6.07) is 12.5. The van der Waals surface area contributed by atoms with Crippen LogP contribution in [0.4, 0.5) is 11.4 Å². The van der Waals surface area contributed by atoms with Crippen LogP contribution in [-0.2, 0) is 27.6 Å². The number of hydrogen-bond donors (Lipinski definition) is 1. The molecule has 0 aromatic heterocycles. The van der Waals surface area contributed by atoms with Crippen LogP contribution in [0.2, 0.25) is 0 Å². The van der Waals surface area contributed by atoms with Crippen LogP contribution in [0.5, 0.6) is 0 Å². The normalized spacial score (nSPS) is 17.6. The van der Waals surface area contributed by atoms with E-state index >= 15 is 0 Å². The van der Waals surface area contributed by atoms with E-state index in [1.165, 1.54) is 27.6 Å². The molecule has 0 unspecified atom stereocenters. The maximum Gasteiger partial charge on any atom is 0.293 e. The fourth-order valence-corrected chi connectivity index (χ4v) is 5.60. The van der Waals surface area contributed by atoms with E-state index in [0.717, 1.165) is 25.3 Å². The monoisotopic (exact) mass is 431 g/mol. The van der Waals surface area contributed by atoms with Gasteiger partial charge in [-0.2, -0.15) is 4.31 Å².